The Kier molecular flexibility index (Phi) is 4.73. The number of ether oxygens (including phenoxy) is 1. The number of aryl methyl sites for hydroxylation is 1. The molecule has 0 aliphatic rings. The Morgan fingerprint density at radius 3 is 2.41 bits per heavy atom. The Bertz CT molecular complexity index is 377. The van der Waals surface area contributed by atoms with Crippen LogP contribution in [0.3, 0.4) is 0 Å². The van der Waals surface area contributed by atoms with Crippen LogP contribution in [0.2, 0.25) is 0 Å². The van der Waals surface area contributed by atoms with Crippen LogP contribution in [0.4, 0.5) is 5.82 Å². The third-order valence-corrected chi connectivity index (χ3v) is 2.90. The van der Waals surface area contributed by atoms with E-state index in [0.29, 0.717) is 17.6 Å². The first kappa shape index (κ1) is 13.7. The molecule has 0 aromatic carbocycles. The van der Waals surface area contributed by atoms with Crippen molar-refractivity contribution in [1.29, 1.82) is 0 Å². The zero-order valence-corrected chi connectivity index (χ0v) is 11.4. The van der Waals surface area contributed by atoms with Crippen molar-refractivity contribution in [1.82, 2.24) is 9.97 Å². The Balaban J connectivity index is 2.97. The summed E-state index contributed by atoms with van der Waals surface area (Å²) in [5.74, 6) is 2.36. The van der Waals surface area contributed by atoms with Gasteiger partial charge in [-0.2, -0.15) is 4.98 Å². The molecular weight excluding hydrogens is 214 g/mol. The normalized spacial score (nSPS) is 12.8. The van der Waals surface area contributed by atoms with Crippen LogP contribution in [0.1, 0.15) is 45.5 Å². The van der Waals surface area contributed by atoms with Crippen LogP contribution in [0, 0.1) is 12.8 Å². The van der Waals surface area contributed by atoms with Crippen LogP contribution in [-0.2, 0) is 6.42 Å². The highest BCUT2D eigenvalue weighted by molar-refractivity contribution is 5.44. The molecule has 1 aromatic heterocycles. The van der Waals surface area contributed by atoms with Crippen molar-refractivity contribution >= 4 is 5.82 Å². The molecule has 0 amide bonds. The van der Waals surface area contributed by atoms with E-state index in [1.54, 1.807) is 0 Å². The molecule has 4 nitrogen and oxygen atoms in total. The average Bonchev–Trinajstić information content (AvgIpc) is 2.25. The molecule has 96 valence electrons. The van der Waals surface area contributed by atoms with Gasteiger partial charge in [0.15, 0.2) is 0 Å². The predicted octanol–water partition coefficient (Wildman–Crippen LogP) is 2.74. The Labute approximate surface area is 104 Å². The number of rotatable bonds is 5. The maximum absolute atomic E-state index is 5.87. The summed E-state index contributed by atoms with van der Waals surface area (Å²) in [6.45, 7) is 10.3. The number of nitrogen functional groups attached to an aromatic ring is 1. The second-order valence-corrected chi connectivity index (χ2v) is 4.77. The average molecular weight is 237 g/mol. The second kappa shape index (κ2) is 5.84. The number of anilines is 1. The van der Waals surface area contributed by atoms with E-state index >= 15 is 0 Å². The number of nitrogens with two attached hydrogens (primary N) is 1. The van der Waals surface area contributed by atoms with Crippen molar-refractivity contribution in [3.05, 3.63) is 11.4 Å². The first-order valence-corrected chi connectivity index (χ1v) is 6.25. The van der Waals surface area contributed by atoms with Crippen molar-refractivity contribution in [2.24, 2.45) is 5.92 Å². The van der Waals surface area contributed by atoms with Gasteiger partial charge in [-0.25, -0.2) is 4.98 Å². The standard InChI is InChI=1S/C13H23N3O/c1-6-7-11-15-12(14)9(4)13(16-11)17-10(5)8(2)3/h8,10H,6-7H2,1-5H3,(H2,14,15,16). The minimum absolute atomic E-state index is 0.123. The van der Waals surface area contributed by atoms with Crippen LogP contribution in [-0.4, -0.2) is 16.1 Å². The molecule has 1 unspecified atom stereocenters. The van der Waals surface area contributed by atoms with Crippen LogP contribution < -0.4 is 10.5 Å². The van der Waals surface area contributed by atoms with Crippen molar-refractivity contribution in [3.63, 3.8) is 0 Å². The molecule has 0 bridgehead atoms. The molecule has 1 heterocycles. The van der Waals surface area contributed by atoms with Gasteiger partial charge in [0.05, 0.1) is 11.7 Å². The molecule has 0 saturated carbocycles. The lowest BCUT2D eigenvalue weighted by Gasteiger charge is -2.19. The topological polar surface area (TPSA) is 61.0 Å². The zero-order valence-electron chi connectivity index (χ0n) is 11.4. The van der Waals surface area contributed by atoms with Gasteiger partial charge in [-0.1, -0.05) is 20.8 Å². The summed E-state index contributed by atoms with van der Waals surface area (Å²) >= 11 is 0. The van der Waals surface area contributed by atoms with Gasteiger partial charge in [-0.3, -0.25) is 0 Å². The van der Waals surface area contributed by atoms with Gasteiger partial charge >= 0.3 is 0 Å². The number of aromatic nitrogens is 2. The van der Waals surface area contributed by atoms with E-state index in [2.05, 4.69) is 30.7 Å². The van der Waals surface area contributed by atoms with Gasteiger partial charge in [0.2, 0.25) is 5.88 Å². The molecule has 0 aliphatic carbocycles. The highest BCUT2D eigenvalue weighted by Crippen LogP contribution is 2.22. The van der Waals surface area contributed by atoms with E-state index in [1.807, 2.05) is 13.8 Å². The van der Waals surface area contributed by atoms with Gasteiger partial charge in [0, 0.05) is 6.42 Å². The van der Waals surface area contributed by atoms with E-state index < -0.39 is 0 Å². The third kappa shape index (κ3) is 3.58. The molecule has 0 spiro atoms. The summed E-state index contributed by atoms with van der Waals surface area (Å²) in [7, 11) is 0. The van der Waals surface area contributed by atoms with Crippen molar-refractivity contribution in [2.75, 3.05) is 5.73 Å². The molecule has 0 aliphatic heterocycles. The summed E-state index contributed by atoms with van der Waals surface area (Å²) in [5, 5.41) is 0. The van der Waals surface area contributed by atoms with Gasteiger partial charge in [-0.15, -0.1) is 0 Å². The monoisotopic (exact) mass is 237 g/mol. The van der Waals surface area contributed by atoms with Crippen LogP contribution in [0.15, 0.2) is 0 Å². The maximum Gasteiger partial charge on any atom is 0.222 e. The fraction of sp³-hybridized carbons (Fsp3) is 0.692. The summed E-state index contributed by atoms with van der Waals surface area (Å²) in [5.41, 5.74) is 6.70. The predicted molar refractivity (Wildman–Crippen MR) is 70.1 cm³/mol. The molecule has 1 atom stereocenters. The fourth-order valence-electron chi connectivity index (χ4n) is 1.32. The maximum atomic E-state index is 5.87. The fourth-order valence-corrected chi connectivity index (χ4v) is 1.32. The quantitative estimate of drug-likeness (QED) is 0.855. The lowest BCUT2D eigenvalue weighted by molar-refractivity contribution is 0.161. The summed E-state index contributed by atoms with van der Waals surface area (Å²) < 4.78 is 5.84. The Hall–Kier alpha value is -1.32. The molecule has 17 heavy (non-hydrogen) atoms. The van der Waals surface area contributed by atoms with Crippen LogP contribution in [0.25, 0.3) is 0 Å². The van der Waals surface area contributed by atoms with Gasteiger partial charge < -0.3 is 10.5 Å². The van der Waals surface area contributed by atoms with E-state index in [1.165, 1.54) is 0 Å². The van der Waals surface area contributed by atoms with Gasteiger partial charge in [0.25, 0.3) is 0 Å². The lowest BCUT2D eigenvalue weighted by atomic mass is 10.1. The molecule has 1 rings (SSSR count). The minimum Gasteiger partial charge on any atom is -0.474 e. The van der Waals surface area contributed by atoms with Crippen molar-refractivity contribution in [2.45, 2.75) is 53.6 Å². The van der Waals surface area contributed by atoms with E-state index in [4.69, 9.17) is 10.5 Å². The van der Waals surface area contributed by atoms with Crippen molar-refractivity contribution in [3.8, 4) is 5.88 Å². The summed E-state index contributed by atoms with van der Waals surface area (Å²) in [6.07, 6.45) is 1.95. The zero-order chi connectivity index (χ0) is 13.0. The number of hydrogen-bond donors (Lipinski definition) is 1. The highest BCUT2D eigenvalue weighted by Gasteiger charge is 2.14. The van der Waals surface area contributed by atoms with Gasteiger partial charge in [0.1, 0.15) is 11.6 Å². The highest BCUT2D eigenvalue weighted by atomic mass is 16.5. The first-order valence-electron chi connectivity index (χ1n) is 6.25. The molecule has 2 N–H and O–H groups in total. The summed E-state index contributed by atoms with van der Waals surface area (Å²) in [4.78, 5) is 8.69. The Morgan fingerprint density at radius 1 is 1.24 bits per heavy atom. The van der Waals surface area contributed by atoms with Gasteiger partial charge in [-0.05, 0) is 26.2 Å². The summed E-state index contributed by atoms with van der Waals surface area (Å²) in [6, 6.07) is 0. The molecule has 1 aromatic rings. The minimum atomic E-state index is 0.123. The Morgan fingerprint density at radius 2 is 1.88 bits per heavy atom. The van der Waals surface area contributed by atoms with Crippen LogP contribution >= 0.6 is 0 Å². The molecule has 4 heteroatoms. The van der Waals surface area contributed by atoms with Crippen molar-refractivity contribution < 1.29 is 4.74 Å². The first-order chi connectivity index (χ1) is 7.95. The SMILES string of the molecule is CCCc1nc(N)c(C)c(OC(C)C(C)C)n1. The van der Waals surface area contributed by atoms with E-state index in [-0.39, 0.29) is 6.10 Å². The number of nitrogens with zero attached hydrogens (tertiary/aromatic N) is 2. The smallest absolute Gasteiger partial charge is 0.222 e. The largest absolute Gasteiger partial charge is 0.474 e. The van der Waals surface area contributed by atoms with E-state index in [9.17, 15) is 0 Å². The third-order valence-electron chi connectivity index (χ3n) is 2.90. The van der Waals surface area contributed by atoms with E-state index in [0.717, 1.165) is 24.2 Å². The molecule has 0 saturated heterocycles. The lowest BCUT2D eigenvalue weighted by Crippen LogP contribution is -2.20. The second-order valence-electron chi connectivity index (χ2n) is 4.77. The molecule has 0 fully saturated rings. The van der Waals surface area contributed by atoms with Crippen LogP contribution in [0.5, 0.6) is 5.88 Å². The molecule has 0 radical (unpaired) electrons. The molecular formula is C13H23N3O. The number of hydrogen-bond acceptors (Lipinski definition) is 4.